The Morgan fingerprint density at radius 2 is 2.00 bits per heavy atom. The Bertz CT molecular complexity index is 352. The van der Waals surface area contributed by atoms with E-state index < -0.39 is 5.97 Å². The maximum atomic E-state index is 12.5. The van der Waals surface area contributed by atoms with E-state index in [0.29, 0.717) is 17.6 Å². The summed E-state index contributed by atoms with van der Waals surface area (Å²) in [5.41, 5.74) is 1.02. The summed E-state index contributed by atoms with van der Waals surface area (Å²) in [6.45, 7) is 1.77. The first-order valence-corrected chi connectivity index (χ1v) is 4.33. The van der Waals surface area contributed by atoms with Gasteiger partial charge in [0.25, 0.3) is 0 Å². The van der Waals surface area contributed by atoms with Crippen LogP contribution in [0.4, 0.5) is 4.39 Å². The van der Waals surface area contributed by atoms with Crippen LogP contribution in [-0.2, 0) is 4.79 Å². The number of carboxylic acids is 1. The van der Waals surface area contributed by atoms with Crippen LogP contribution in [0.5, 0.6) is 0 Å². The highest BCUT2D eigenvalue weighted by Gasteiger charge is 2.03. The molecule has 14 heavy (non-hydrogen) atoms. The molecule has 2 nitrogen and oxygen atoms in total. The van der Waals surface area contributed by atoms with Gasteiger partial charge in [0.1, 0.15) is 5.82 Å². The number of hydrogen-bond acceptors (Lipinski definition) is 1. The lowest BCUT2D eigenvalue weighted by molar-refractivity contribution is -0.132. The van der Waals surface area contributed by atoms with Gasteiger partial charge in [0.2, 0.25) is 0 Å². The molecule has 3 heteroatoms. The van der Waals surface area contributed by atoms with Crippen molar-refractivity contribution in [2.45, 2.75) is 13.3 Å². The van der Waals surface area contributed by atoms with Crippen LogP contribution in [0.15, 0.2) is 29.8 Å². The first kappa shape index (κ1) is 10.4. The van der Waals surface area contributed by atoms with Crippen molar-refractivity contribution in [3.8, 4) is 0 Å². The predicted octanol–water partition coefficient (Wildman–Crippen LogP) is 2.70. The lowest BCUT2D eigenvalue weighted by Crippen LogP contribution is -1.98. The van der Waals surface area contributed by atoms with Crippen LogP contribution >= 0.6 is 0 Å². The third-order valence-electron chi connectivity index (χ3n) is 1.87. The third-order valence-corrected chi connectivity index (χ3v) is 1.87. The Kier molecular flexibility index (Phi) is 3.40. The van der Waals surface area contributed by atoms with E-state index in [0.717, 1.165) is 0 Å². The normalized spacial score (nSPS) is 11.4. The zero-order valence-electron chi connectivity index (χ0n) is 7.83. The van der Waals surface area contributed by atoms with Crippen molar-refractivity contribution in [1.29, 1.82) is 0 Å². The number of carbonyl (C=O) groups is 1. The van der Waals surface area contributed by atoms with Gasteiger partial charge in [0, 0.05) is 5.57 Å². The number of hydrogen-bond donors (Lipinski definition) is 1. The summed E-state index contributed by atoms with van der Waals surface area (Å²) in [6, 6.07) is 5.71. The van der Waals surface area contributed by atoms with Crippen LogP contribution < -0.4 is 0 Å². The van der Waals surface area contributed by atoms with Crippen molar-refractivity contribution >= 4 is 12.0 Å². The Morgan fingerprint density at radius 1 is 1.43 bits per heavy atom. The van der Waals surface area contributed by atoms with Gasteiger partial charge in [-0.25, -0.2) is 9.18 Å². The number of halogens is 1. The van der Waals surface area contributed by atoms with Gasteiger partial charge in [0.05, 0.1) is 0 Å². The summed E-state index contributed by atoms with van der Waals surface area (Å²) >= 11 is 0. The lowest BCUT2D eigenvalue weighted by Gasteiger charge is -1.98. The monoisotopic (exact) mass is 194 g/mol. The average Bonchev–Trinajstić information content (AvgIpc) is 2.16. The first-order chi connectivity index (χ1) is 6.63. The highest BCUT2D eigenvalue weighted by Crippen LogP contribution is 2.10. The molecular weight excluding hydrogens is 183 g/mol. The second-order valence-electron chi connectivity index (χ2n) is 2.88. The molecule has 74 valence electrons. The molecule has 0 spiro atoms. The van der Waals surface area contributed by atoms with Crippen LogP contribution in [0.1, 0.15) is 18.9 Å². The smallest absolute Gasteiger partial charge is 0.331 e. The summed E-state index contributed by atoms with van der Waals surface area (Å²) in [4.78, 5) is 10.7. The van der Waals surface area contributed by atoms with Gasteiger partial charge in [-0.05, 0) is 30.2 Å². The van der Waals surface area contributed by atoms with E-state index in [4.69, 9.17) is 5.11 Å². The van der Waals surface area contributed by atoms with Crippen LogP contribution in [0, 0.1) is 5.82 Å². The minimum Gasteiger partial charge on any atom is -0.478 e. The van der Waals surface area contributed by atoms with Crippen molar-refractivity contribution in [3.05, 3.63) is 41.2 Å². The molecule has 0 fully saturated rings. The van der Waals surface area contributed by atoms with Gasteiger partial charge in [-0.1, -0.05) is 19.1 Å². The van der Waals surface area contributed by atoms with Gasteiger partial charge < -0.3 is 5.11 Å². The molecule has 0 radical (unpaired) electrons. The van der Waals surface area contributed by atoms with E-state index in [9.17, 15) is 9.18 Å². The lowest BCUT2D eigenvalue weighted by atomic mass is 10.1. The van der Waals surface area contributed by atoms with Gasteiger partial charge >= 0.3 is 5.97 Å². The number of aliphatic carboxylic acids is 1. The van der Waals surface area contributed by atoms with E-state index >= 15 is 0 Å². The molecule has 1 aromatic rings. The molecule has 0 aromatic heterocycles. The number of carboxylic acid groups (broad SMARTS) is 1. The van der Waals surface area contributed by atoms with Crippen molar-refractivity contribution in [2.24, 2.45) is 0 Å². The largest absolute Gasteiger partial charge is 0.478 e. The van der Waals surface area contributed by atoms with Gasteiger partial charge in [-0.2, -0.15) is 0 Å². The molecule has 0 aliphatic heterocycles. The summed E-state index contributed by atoms with van der Waals surface area (Å²) in [7, 11) is 0. The quantitative estimate of drug-likeness (QED) is 0.751. The van der Waals surface area contributed by atoms with E-state index in [1.54, 1.807) is 25.1 Å². The minimum absolute atomic E-state index is 0.316. The van der Waals surface area contributed by atoms with Crippen molar-refractivity contribution in [3.63, 3.8) is 0 Å². The fraction of sp³-hybridized carbons (Fsp3) is 0.182. The Hall–Kier alpha value is -1.64. The molecule has 0 unspecified atom stereocenters. The Morgan fingerprint density at radius 3 is 2.43 bits per heavy atom. The number of rotatable bonds is 3. The Labute approximate surface area is 81.7 Å². The zero-order chi connectivity index (χ0) is 10.6. The van der Waals surface area contributed by atoms with Gasteiger partial charge in [-0.15, -0.1) is 0 Å². The van der Waals surface area contributed by atoms with E-state index in [1.807, 2.05) is 0 Å². The van der Waals surface area contributed by atoms with Crippen molar-refractivity contribution < 1.29 is 14.3 Å². The molecule has 0 aliphatic carbocycles. The summed E-state index contributed by atoms with van der Waals surface area (Å²) in [6.07, 6.45) is 1.99. The second kappa shape index (κ2) is 4.56. The molecule has 1 rings (SSSR count). The predicted molar refractivity (Wildman–Crippen MR) is 52.3 cm³/mol. The standard InChI is InChI=1S/C11H11FO2/c1-2-9(11(13)14)7-8-3-5-10(12)6-4-8/h3-7H,2H2,1H3,(H,13,14). The molecule has 0 saturated heterocycles. The van der Waals surface area contributed by atoms with Crippen LogP contribution in [-0.4, -0.2) is 11.1 Å². The zero-order valence-corrected chi connectivity index (χ0v) is 7.83. The summed E-state index contributed by atoms with van der Waals surface area (Å²) < 4.78 is 12.5. The van der Waals surface area contributed by atoms with Crippen molar-refractivity contribution in [1.82, 2.24) is 0 Å². The fourth-order valence-electron chi connectivity index (χ4n) is 1.08. The maximum absolute atomic E-state index is 12.5. The summed E-state index contributed by atoms with van der Waals surface area (Å²) in [5, 5.41) is 8.75. The van der Waals surface area contributed by atoms with E-state index in [2.05, 4.69) is 0 Å². The molecule has 0 heterocycles. The minimum atomic E-state index is -0.933. The summed E-state index contributed by atoms with van der Waals surface area (Å²) in [5.74, 6) is -1.26. The van der Waals surface area contributed by atoms with Crippen LogP contribution in [0.2, 0.25) is 0 Å². The van der Waals surface area contributed by atoms with E-state index in [1.165, 1.54) is 12.1 Å². The highest BCUT2D eigenvalue weighted by atomic mass is 19.1. The topological polar surface area (TPSA) is 37.3 Å². The molecule has 0 amide bonds. The van der Waals surface area contributed by atoms with Crippen molar-refractivity contribution in [2.75, 3.05) is 0 Å². The molecule has 1 N–H and O–H groups in total. The molecule has 0 aliphatic rings. The molecule has 0 saturated carbocycles. The van der Waals surface area contributed by atoms with Gasteiger partial charge in [-0.3, -0.25) is 0 Å². The first-order valence-electron chi connectivity index (χ1n) is 4.33. The fourth-order valence-corrected chi connectivity index (χ4v) is 1.08. The maximum Gasteiger partial charge on any atom is 0.331 e. The Balaban J connectivity index is 2.95. The molecule has 0 bridgehead atoms. The molecule has 1 aromatic carbocycles. The van der Waals surface area contributed by atoms with Crippen LogP contribution in [0.25, 0.3) is 6.08 Å². The SMILES string of the molecule is CCC(=Cc1ccc(F)cc1)C(=O)O. The average molecular weight is 194 g/mol. The van der Waals surface area contributed by atoms with E-state index in [-0.39, 0.29) is 5.82 Å². The highest BCUT2D eigenvalue weighted by molar-refractivity contribution is 5.91. The third kappa shape index (κ3) is 2.69. The number of benzene rings is 1. The second-order valence-corrected chi connectivity index (χ2v) is 2.88. The van der Waals surface area contributed by atoms with Gasteiger partial charge in [0.15, 0.2) is 0 Å². The molecule has 0 atom stereocenters. The molecular formula is C11H11FO2. The van der Waals surface area contributed by atoms with Crippen LogP contribution in [0.3, 0.4) is 0 Å².